The third kappa shape index (κ3) is 3.21. The van der Waals surface area contributed by atoms with Gasteiger partial charge in [-0.05, 0) is 26.2 Å². The number of carbonyl (C=O) groups excluding carboxylic acids is 2. The molecule has 2 saturated heterocycles. The molecular formula is C17H24N4O2. The summed E-state index contributed by atoms with van der Waals surface area (Å²) in [5, 5.41) is 0. The van der Waals surface area contributed by atoms with E-state index in [4.69, 9.17) is 0 Å². The predicted molar refractivity (Wildman–Crippen MR) is 85.9 cm³/mol. The van der Waals surface area contributed by atoms with Gasteiger partial charge in [-0.2, -0.15) is 0 Å². The van der Waals surface area contributed by atoms with Crippen molar-refractivity contribution in [2.75, 3.05) is 13.1 Å². The topological polar surface area (TPSA) is 66.4 Å². The van der Waals surface area contributed by atoms with Crippen molar-refractivity contribution in [3.05, 3.63) is 23.8 Å². The van der Waals surface area contributed by atoms with Crippen molar-refractivity contribution >= 4 is 11.8 Å². The van der Waals surface area contributed by atoms with Crippen molar-refractivity contribution in [3.63, 3.8) is 0 Å². The number of hydrogen-bond acceptors (Lipinski definition) is 4. The lowest BCUT2D eigenvalue weighted by Gasteiger charge is -2.37. The second-order valence-corrected chi connectivity index (χ2v) is 6.53. The minimum Gasteiger partial charge on any atom is -0.338 e. The normalized spacial score (nSPS) is 24.8. The van der Waals surface area contributed by atoms with Crippen LogP contribution in [0.2, 0.25) is 0 Å². The van der Waals surface area contributed by atoms with Gasteiger partial charge in [0, 0.05) is 26.2 Å². The van der Waals surface area contributed by atoms with Crippen molar-refractivity contribution in [1.29, 1.82) is 0 Å². The first-order valence-corrected chi connectivity index (χ1v) is 8.45. The van der Waals surface area contributed by atoms with E-state index >= 15 is 0 Å². The molecular weight excluding hydrogens is 292 g/mol. The average Bonchev–Trinajstić information content (AvgIpc) is 2.91. The molecule has 2 atom stereocenters. The second kappa shape index (κ2) is 6.64. The Morgan fingerprint density at radius 3 is 2.48 bits per heavy atom. The van der Waals surface area contributed by atoms with Gasteiger partial charge in [-0.3, -0.25) is 14.6 Å². The zero-order chi connectivity index (χ0) is 16.4. The highest BCUT2D eigenvalue weighted by atomic mass is 16.2. The Labute approximate surface area is 136 Å². The molecule has 1 aromatic heterocycles. The van der Waals surface area contributed by atoms with E-state index in [0.29, 0.717) is 5.69 Å². The summed E-state index contributed by atoms with van der Waals surface area (Å²) in [7, 11) is 0. The minimum atomic E-state index is -0.0557. The van der Waals surface area contributed by atoms with Crippen LogP contribution in [0, 0.1) is 6.92 Å². The number of aromatic nitrogens is 2. The zero-order valence-electron chi connectivity index (χ0n) is 13.9. The average molecular weight is 316 g/mol. The van der Waals surface area contributed by atoms with E-state index in [9.17, 15) is 9.59 Å². The molecule has 0 aliphatic carbocycles. The SMILES string of the molecule is CC(=O)N1CC[C@H]2[C@H]1CCCCCN2C(=O)c1cnc(C)cn1. The molecule has 3 heterocycles. The number of aryl methyl sites for hydroxylation is 1. The molecule has 23 heavy (non-hydrogen) atoms. The van der Waals surface area contributed by atoms with Crippen LogP contribution in [0.15, 0.2) is 12.4 Å². The number of rotatable bonds is 1. The Kier molecular flexibility index (Phi) is 4.59. The zero-order valence-corrected chi connectivity index (χ0v) is 13.9. The maximum atomic E-state index is 12.9. The third-order valence-corrected chi connectivity index (χ3v) is 4.97. The van der Waals surface area contributed by atoms with Crippen LogP contribution in [0.3, 0.4) is 0 Å². The summed E-state index contributed by atoms with van der Waals surface area (Å²) >= 11 is 0. The second-order valence-electron chi connectivity index (χ2n) is 6.53. The first kappa shape index (κ1) is 15.9. The number of amides is 2. The fraction of sp³-hybridized carbons (Fsp3) is 0.647. The largest absolute Gasteiger partial charge is 0.338 e. The number of fused-ring (bicyclic) bond motifs is 1. The van der Waals surface area contributed by atoms with Crippen LogP contribution in [-0.2, 0) is 4.79 Å². The van der Waals surface area contributed by atoms with Gasteiger partial charge in [0.25, 0.3) is 5.91 Å². The van der Waals surface area contributed by atoms with Gasteiger partial charge in [-0.25, -0.2) is 4.98 Å². The minimum absolute atomic E-state index is 0.0557. The number of likely N-dealkylation sites (tertiary alicyclic amines) is 2. The summed E-state index contributed by atoms with van der Waals surface area (Å²) in [6.45, 7) is 4.96. The molecule has 124 valence electrons. The number of hydrogen-bond donors (Lipinski definition) is 0. The van der Waals surface area contributed by atoms with Crippen LogP contribution in [0.4, 0.5) is 0 Å². The molecule has 3 rings (SSSR count). The molecule has 6 heteroatoms. The maximum absolute atomic E-state index is 12.9. The molecule has 0 saturated carbocycles. The smallest absolute Gasteiger partial charge is 0.274 e. The molecule has 0 N–H and O–H groups in total. The summed E-state index contributed by atoms with van der Waals surface area (Å²) in [6.07, 6.45) is 8.25. The molecule has 1 aromatic rings. The monoisotopic (exact) mass is 316 g/mol. The van der Waals surface area contributed by atoms with Crippen molar-refractivity contribution in [1.82, 2.24) is 19.8 Å². The molecule has 0 radical (unpaired) electrons. The van der Waals surface area contributed by atoms with Gasteiger partial charge in [0.2, 0.25) is 5.91 Å². The van der Waals surface area contributed by atoms with Crippen LogP contribution >= 0.6 is 0 Å². The molecule has 2 amide bonds. The van der Waals surface area contributed by atoms with E-state index in [2.05, 4.69) is 9.97 Å². The Morgan fingerprint density at radius 1 is 1.00 bits per heavy atom. The standard InChI is InChI=1S/C17H24N4O2/c1-12-10-19-14(11-18-12)17(23)21-8-5-3-4-6-15-16(21)7-9-20(15)13(2)22/h10-11,15-16H,3-9H2,1-2H3/t15-,16+/m1/s1. The molecule has 2 aliphatic heterocycles. The molecule has 0 spiro atoms. The number of nitrogens with zero attached hydrogens (tertiary/aromatic N) is 4. The molecule has 0 aromatic carbocycles. The van der Waals surface area contributed by atoms with E-state index < -0.39 is 0 Å². The van der Waals surface area contributed by atoms with Crippen molar-refractivity contribution in [3.8, 4) is 0 Å². The predicted octanol–water partition coefficient (Wildman–Crippen LogP) is 1.79. The van der Waals surface area contributed by atoms with E-state index in [1.807, 2.05) is 16.7 Å². The van der Waals surface area contributed by atoms with Crippen LogP contribution in [0.5, 0.6) is 0 Å². The summed E-state index contributed by atoms with van der Waals surface area (Å²) in [5.74, 6) is 0.0559. The first-order chi connectivity index (χ1) is 11.1. The molecule has 0 unspecified atom stereocenters. The van der Waals surface area contributed by atoms with Crippen molar-refractivity contribution in [2.45, 2.75) is 58.0 Å². The van der Waals surface area contributed by atoms with Crippen LogP contribution in [0.25, 0.3) is 0 Å². The lowest BCUT2D eigenvalue weighted by atomic mass is 9.96. The van der Waals surface area contributed by atoms with Crippen LogP contribution in [-0.4, -0.2) is 56.8 Å². The maximum Gasteiger partial charge on any atom is 0.274 e. The van der Waals surface area contributed by atoms with Gasteiger partial charge < -0.3 is 9.80 Å². The Morgan fingerprint density at radius 2 is 1.78 bits per heavy atom. The van der Waals surface area contributed by atoms with Gasteiger partial charge >= 0.3 is 0 Å². The summed E-state index contributed by atoms with van der Waals surface area (Å²) in [6, 6.07) is 0.255. The van der Waals surface area contributed by atoms with E-state index in [1.165, 1.54) is 0 Å². The van der Waals surface area contributed by atoms with Crippen LogP contribution < -0.4 is 0 Å². The lowest BCUT2D eigenvalue weighted by molar-refractivity contribution is -0.130. The molecule has 2 aliphatic rings. The molecule has 6 nitrogen and oxygen atoms in total. The highest BCUT2D eigenvalue weighted by Gasteiger charge is 2.41. The van der Waals surface area contributed by atoms with E-state index in [1.54, 1.807) is 19.3 Å². The summed E-state index contributed by atoms with van der Waals surface area (Å²) in [5.41, 5.74) is 1.20. The molecule has 2 fully saturated rings. The van der Waals surface area contributed by atoms with Gasteiger partial charge in [-0.15, -0.1) is 0 Å². The van der Waals surface area contributed by atoms with E-state index in [0.717, 1.165) is 50.9 Å². The Balaban J connectivity index is 1.85. The first-order valence-electron chi connectivity index (χ1n) is 8.45. The third-order valence-electron chi connectivity index (χ3n) is 4.97. The highest BCUT2D eigenvalue weighted by Crippen LogP contribution is 2.30. The summed E-state index contributed by atoms with van der Waals surface area (Å²) in [4.78, 5) is 37.1. The fourth-order valence-electron chi connectivity index (χ4n) is 3.82. The Hall–Kier alpha value is -1.98. The molecule has 0 bridgehead atoms. The number of carbonyl (C=O) groups is 2. The summed E-state index contributed by atoms with van der Waals surface area (Å²) < 4.78 is 0. The van der Waals surface area contributed by atoms with Crippen molar-refractivity contribution < 1.29 is 9.59 Å². The quantitative estimate of drug-likeness (QED) is 0.792. The lowest BCUT2D eigenvalue weighted by Crippen LogP contribution is -2.50. The highest BCUT2D eigenvalue weighted by molar-refractivity contribution is 5.92. The van der Waals surface area contributed by atoms with Crippen LogP contribution in [0.1, 0.15) is 55.2 Å². The van der Waals surface area contributed by atoms with E-state index in [-0.39, 0.29) is 23.9 Å². The fourth-order valence-corrected chi connectivity index (χ4v) is 3.82. The van der Waals surface area contributed by atoms with Gasteiger partial charge in [0.05, 0.1) is 24.0 Å². The Bertz CT molecular complexity index is 587. The van der Waals surface area contributed by atoms with Crippen molar-refractivity contribution in [2.24, 2.45) is 0 Å². The van der Waals surface area contributed by atoms with Gasteiger partial charge in [0.1, 0.15) is 5.69 Å². The van der Waals surface area contributed by atoms with Gasteiger partial charge in [-0.1, -0.05) is 12.8 Å². The van der Waals surface area contributed by atoms with Gasteiger partial charge in [0.15, 0.2) is 0 Å².